The van der Waals surface area contributed by atoms with Crippen molar-refractivity contribution in [2.24, 2.45) is 0 Å². The lowest BCUT2D eigenvalue weighted by molar-refractivity contribution is 0.0601. The third-order valence-electron chi connectivity index (χ3n) is 2.77. The molecule has 104 valence electrons. The van der Waals surface area contributed by atoms with Crippen molar-refractivity contribution in [2.75, 3.05) is 7.11 Å². The van der Waals surface area contributed by atoms with Crippen LogP contribution < -0.4 is 0 Å². The second-order valence-corrected chi connectivity index (χ2v) is 5.06. The number of halogens is 1. The molecule has 0 radical (unpaired) electrons. The molecule has 0 fully saturated rings. The van der Waals surface area contributed by atoms with Gasteiger partial charge in [-0.2, -0.15) is 0 Å². The molecule has 1 aromatic carbocycles. The Morgan fingerprint density at radius 2 is 2.00 bits per heavy atom. The SMILES string of the molecule is CC.COC(=O)c1ccc2c(c1)nc(Cl)c1ccsc12. The van der Waals surface area contributed by atoms with Crippen LogP contribution >= 0.6 is 22.9 Å². The van der Waals surface area contributed by atoms with Gasteiger partial charge in [-0.05, 0) is 23.6 Å². The number of fused-ring (bicyclic) bond motifs is 3. The number of carbonyl (C=O) groups excluding carboxylic acids is 1. The largest absolute Gasteiger partial charge is 0.465 e. The van der Waals surface area contributed by atoms with Gasteiger partial charge in [0.2, 0.25) is 0 Å². The Balaban J connectivity index is 0.000000704. The zero-order chi connectivity index (χ0) is 14.7. The van der Waals surface area contributed by atoms with Gasteiger partial charge in [-0.3, -0.25) is 0 Å². The van der Waals surface area contributed by atoms with Gasteiger partial charge in [0, 0.05) is 15.5 Å². The third kappa shape index (κ3) is 2.49. The highest BCUT2D eigenvalue weighted by atomic mass is 35.5. The highest BCUT2D eigenvalue weighted by Gasteiger charge is 2.11. The Labute approximate surface area is 126 Å². The normalized spacial score (nSPS) is 10.2. The number of thiophene rings is 1. The maximum atomic E-state index is 11.5. The van der Waals surface area contributed by atoms with Crippen LogP contribution in [0.4, 0.5) is 0 Å². The summed E-state index contributed by atoms with van der Waals surface area (Å²) < 4.78 is 5.78. The first-order valence-electron chi connectivity index (χ1n) is 6.25. The van der Waals surface area contributed by atoms with Gasteiger partial charge in [-0.1, -0.05) is 31.5 Å². The number of carbonyl (C=O) groups is 1. The minimum absolute atomic E-state index is 0.374. The zero-order valence-electron chi connectivity index (χ0n) is 11.4. The lowest BCUT2D eigenvalue weighted by Gasteiger charge is -2.03. The summed E-state index contributed by atoms with van der Waals surface area (Å²) in [6.07, 6.45) is 0. The van der Waals surface area contributed by atoms with Gasteiger partial charge in [-0.25, -0.2) is 9.78 Å². The van der Waals surface area contributed by atoms with Crippen LogP contribution in [0.25, 0.3) is 21.0 Å². The van der Waals surface area contributed by atoms with Crippen LogP contribution in [0.3, 0.4) is 0 Å². The first kappa shape index (κ1) is 14.8. The van der Waals surface area contributed by atoms with Crippen molar-refractivity contribution in [3.8, 4) is 0 Å². The van der Waals surface area contributed by atoms with Crippen molar-refractivity contribution in [3.63, 3.8) is 0 Å². The molecule has 0 N–H and O–H groups in total. The molecule has 3 rings (SSSR count). The number of esters is 1. The second-order valence-electron chi connectivity index (χ2n) is 3.79. The molecule has 0 aliphatic heterocycles. The first-order valence-corrected chi connectivity index (χ1v) is 7.51. The van der Waals surface area contributed by atoms with E-state index in [9.17, 15) is 4.79 Å². The minimum Gasteiger partial charge on any atom is -0.465 e. The summed E-state index contributed by atoms with van der Waals surface area (Å²) in [6.45, 7) is 4.00. The number of methoxy groups -OCH3 is 1. The number of hydrogen-bond donors (Lipinski definition) is 0. The Kier molecular flexibility index (Phi) is 4.57. The van der Waals surface area contributed by atoms with Gasteiger partial charge in [0.05, 0.1) is 18.2 Å². The van der Waals surface area contributed by atoms with Gasteiger partial charge in [0.25, 0.3) is 0 Å². The molecule has 0 amide bonds. The smallest absolute Gasteiger partial charge is 0.337 e. The molecule has 0 bridgehead atoms. The summed E-state index contributed by atoms with van der Waals surface area (Å²) >= 11 is 7.73. The highest BCUT2D eigenvalue weighted by Crippen LogP contribution is 2.33. The average Bonchev–Trinajstić information content (AvgIpc) is 2.98. The van der Waals surface area contributed by atoms with Gasteiger partial charge in [0.1, 0.15) is 5.15 Å². The maximum absolute atomic E-state index is 11.5. The summed E-state index contributed by atoms with van der Waals surface area (Å²) in [5, 5.41) is 4.38. The second kappa shape index (κ2) is 6.20. The molecular weight excluding hydrogens is 294 g/mol. The van der Waals surface area contributed by atoms with Crippen molar-refractivity contribution < 1.29 is 9.53 Å². The van der Waals surface area contributed by atoms with Crippen molar-refractivity contribution in [1.29, 1.82) is 0 Å². The van der Waals surface area contributed by atoms with E-state index in [-0.39, 0.29) is 5.97 Å². The van der Waals surface area contributed by atoms with Crippen LogP contribution in [-0.2, 0) is 4.74 Å². The van der Waals surface area contributed by atoms with E-state index in [2.05, 4.69) is 4.98 Å². The maximum Gasteiger partial charge on any atom is 0.337 e. The zero-order valence-corrected chi connectivity index (χ0v) is 13.0. The Morgan fingerprint density at radius 1 is 1.25 bits per heavy atom. The van der Waals surface area contributed by atoms with Gasteiger partial charge in [0.15, 0.2) is 0 Å². The van der Waals surface area contributed by atoms with Crippen molar-refractivity contribution in [3.05, 3.63) is 40.4 Å². The fourth-order valence-electron chi connectivity index (χ4n) is 1.91. The van der Waals surface area contributed by atoms with E-state index < -0.39 is 0 Å². The number of rotatable bonds is 1. The van der Waals surface area contributed by atoms with E-state index in [1.807, 2.05) is 31.4 Å². The Bertz CT molecular complexity index is 767. The molecule has 0 saturated heterocycles. The van der Waals surface area contributed by atoms with Crippen LogP contribution in [0.2, 0.25) is 5.15 Å². The Hall–Kier alpha value is -1.65. The van der Waals surface area contributed by atoms with Gasteiger partial charge < -0.3 is 4.74 Å². The summed E-state index contributed by atoms with van der Waals surface area (Å²) in [5.41, 5.74) is 1.18. The summed E-state index contributed by atoms with van der Waals surface area (Å²) in [7, 11) is 1.36. The molecule has 0 atom stereocenters. The van der Waals surface area contributed by atoms with Crippen molar-refractivity contribution in [2.45, 2.75) is 13.8 Å². The summed E-state index contributed by atoms with van der Waals surface area (Å²) in [5.74, 6) is -0.374. The van der Waals surface area contributed by atoms with Crippen LogP contribution in [0.5, 0.6) is 0 Å². The predicted octanol–water partition coefficient (Wildman–Crippen LogP) is 4.92. The standard InChI is InChI=1S/C13H8ClNO2S.C2H6/c1-17-13(16)7-2-3-8-10(6-7)15-12(14)9-4-5-18-11(8)9;1-2/h2-6H,1H3;1-2H3. The first-order chi connectivity index (χ1) is 9.70. The van der Waals surface area contributed by atoms with E-state index >= 15 is 0 Å². The molecule has 5 heteroatoms. The number of nitrogens with zero attached hydrogens (tertiary/aromatic N) is 1. The van der Waals surface area contributed by atoms with E-state index in [4.69, 9.17) is 16.3 Å². The molecule has 0 saturated carbocycles. The number of ether oxygens (including phenoxy) is 1. The van der Waals surface area contributed by atoms with E-state index in [0.29, 0.717) is 16.2 Å². The predicted molar refractivity (Wildman–Crippen MR) is 84.8 cm³/mol. The topological polar surface area (TPSA) is 39.2 Å². The average molecular weight is 308 g/mol. The third-order valence-corrected chi connectivity index (χ3v) is 4.01. The monoisotopic (exact) mass is 307 g/mol. The van der Waals surface area contributed by atoms with Crippen molar-refractivity contribution in [1.82, 2.24) is 4.98 Å². The lowest BCUT2D eigenvalue weighted by atomic mass is 10.1. The van der Waals surface area contributed by atoms with E-state index in [1.54, 1.807) is 23.5 Å². The molecule has 0 unspecified atom stereocenters. The van der Waals surface area contributed by atoms with E-state index in [1.165, 1.54) is 7.11 Å². The molecule has 0 spiro atoms. The van der Waals surface area contributed by atoms with Gasteiger partial charge in [-0.15, -0.1) is 11.3 Å². The van der Waals surface area contributed by atoms with Crippen LogP contribution in [0, 0.1) is 0 Å². The molecule has 3 aromatic rings. The van der Waals surface area contributed by atoms with E-state index in [0.717, 1.165) is 15.5 Å². The molecule has 0 aliphatic rings. The molecule has 20 heavy (non-hydrogen) atoms. The summed E-state index contributed by atoms with van der Waals surface area (Å²) in [6, 6.07) is 7.27. The summed E-state index contributed by atoms with van der Waals surface area (Å²) in [4.78, 5) is 15.8. The minimum atomic E-state index is -0.374. The number of aromatic nitrogens is 1. The molecular formula is C15H14ClNO2S. The quantitative estimate of drug-likeness (QED) is 0.473. The molecule has 2 heterocycles. The fraction of sp³-hybridized carbons (Fsp3) is 0.200. The van der Waals surface area contributed by atoms with Crippen LogP contribution in [-0.4, -0.2) is 18.1 Å². The highest BCUT2D eigenvalue weighted by molar-refractivity contribution is 7.18. The number of hydrogen-bond acceptors (Lipinski definition) is 4. The van der Waals surface area contributed by atoms with Gasteiger partial charge >= 0.3 is 5.97 Å². The van der Waals surface area contributed by atoms with Crippen LogP contribution in [0.15, 0.2) is 29.6 Å². The molecule has 2 aromatic heterocycles. The van der Waals surface area contributed by atoms with Crippen molar-refractivity contribution >= 4 is 49.9 Å². The van der Waals surface area contributed by atoms with Crippen LogP contribution in [0.1, 0.15) is 24.2 Å². The molecule has 3 nitrogen and oxygen atoms in total. The lowest BCUT2D eigenvalue weighted by Crippen LogP contribution is -2.00. The fourth-order valence-corrected chi connectivity index (χ4v) is 3.14. The number of benzene rings is 1. The number of pyridine rings is 1. The Morgan fingerprint density at radius 3 is 2.70 bits per heavy atom. The molecule has 0 aliphatic carbocycles.